The molecule has 0 radical (unpaired) electrons. The number of fused-ring (bicyclic) bond motifs is 1. The predicted molar refractivity (Wildman–Crippen MR) is 120 cm³/mol. The lowest BCUT2D eigenvalue weighted by molar-refractivity contribution is 0.103. The molecule has 1 aliphatic carbocycles. The first-order valence-corrected chi connectivity index (χ1v) is 10.9. The monoisotopic (exact) mass is 477 g/mol. The van der Waals surface area contributed by atoms with Gasteiger partial charge in [0.1, 0.15) is 35.3 Å². The zero-order chi connectivity index (χ0) is 23.7. The number of ketones is 1. The van der Waals surface area contributed by atoms with Crippen molar-refractivity contribution in [3.8, 4) is 0 Å². The van der Waals surface area contributed by atoms with Gasteiger partial charge < -0.3 is 15.0 Å². The van der Waals surface area contributed by atoms with Crippen molar-refractivity contribution in [1.82, 2.24) is 15.0 Å². The van der Waals surface area contributed by atoms with E-state index in [9.17, 15) is 18.0 Å². The fourth-order valence-corrected chi connectivity index (χ4v) is 4.15. The summed E-state index contributed by atoms with van der Waals surface area (Å²) in [6.07, 6.45) is 4.65. The minimum absolute atomic E-state index is 0.00164. The van der Waals surface area contributed by atoms with Crippen LogP contribution in [0.1, 0.15) is 36.2 Å². The van der Waals surface area contributed by atoms with Crippen LogP contribution in [-0.2, 0) is 0 Å². The van der Waals surface area contributed by atoms with Crippen LogP contribution in [0.15, 0.2) is 48.5 Å². The fourth-order valence-electron chi connectivity index (χ4n) is 3.35. The molecule has 2 heterocycles. The van der Waals surface area contributed by atoms with Gasteiger partial charge in [-0.15, -0.1) is 0 Å². The molecule has 1 atom stereocenters. The minimum atomic E-state index is -1.13. The Morgan fingerprint density at radius 1 is 1.21 bits per heavy atom. The first kappa shape index (κ1) is 22.8. The summed E-state index contributed by atoms with van der Waals surface area (Å²) >= 11 is 0.796. The molecule has 1 unspecified atom stereocenters. The number of hydrogen-bond donors (Lipinski definition) is 3. The molecule has 0 fully saturated rings. The standard InChI is InChI=1S/C22H19F4N5OS/c1-10(2)30-22-17-12(8-27-21(17)28-9-29-22)20(32)18-13(24)4-5-15(19(18)26)31-33-16-6-3-11(23)7-14(16)25/h3-5,7-10,16,31H,6H2,1-2H3,(H2,27,28,29,30). The van der Waals surface area contributed by atoms with Gasteiger partial charge in [-0.25, -0.2) is 27.5 Å². The number of carbonyl (C=O) groups excluding carboxylic acids is 1. The summed E-state index contributed by atoms with van der Waals surface area (Å²) in [7, 11) is 0. The number of nitrogens with zero attached hydrogens (tertiary/aromatic N) is 2. The van der Waals surface area contributed by atoms with Gasteiger partial charge in [0.05, 0.1) is 27.5 Å². The Kier molecular flexibility index (Phi) is 6.41. The SMILES string of the molecule is CC(C)Nc1ncnc2[nH]cc(C(=O)c3c(F)ccc(NSC4CC=C(F)C=C4F)c3F)c12. The third kappa shape index (κ3) is 4.58. The second-order valence-electron chi connectivity index (χ2n) is 7.62. The van der Waals surface area contributed by atoms with Gasteiger partial charge in [-0.1, -0.05) is 0 Å². The third-order valence-electron chi connectivity index (χ3n) is 4.88. The van der Waals surface area contributed by atoms with E-state index in [0.29, 0.717) is 16.9 Å². The van der Waals surface area contributed by atoms with Gasteiger partial charge in [-0.05, 0) is 50.4 Å². The number of aromatic nitrogens is 3. The van der Waals surface area contributed by atoms with Crippen LogP contribution < -0.4 is 10.0 Å². The average Bonchev–Trinajstić information content (AvgIpc) is 3.19. The zero-order valence-corrected chi connectivity index (χ0v) is 18.4. The third-order valence-corrected chi connectivity index (χ3v) is 5.92. The van der Waals surface area contributed by atoms with Crippen molar-refractivity contribution < 1.29 is 22.4 Å². The number of benzene rings is 1. The Morgan fingerprint density at radius 3 is 2.73 bits per heavy atom. The Balaban J connectivity index is 1.66. The summed E-state index contributed by atoms with van der Waals surface area (Å²) in [5, 5.41) is 2.61. The minimum Gasteiger partial charge on any atom is -0.367 e. The highest BCUT2D eigenvalue weighted by atomic mass is 32.2. The molecule has 0 aliphatic heterocycles. The number of aromatic amines is 1. The maximum Gasteiger partial charge on any atom is 0.201 e. The van der Waals surface area contributed by atoms with Crippen LogP contribution in [0.4, 0.5) is 29.1 Å². The largest absolute Gasteiger partial charge is 0.367 e. The van der Waals surface area contributed by atoms with Crippen LogP contribution in [0.3, 0.4) is 0 Å². The van der Waals surface area contributed by atoms with Gasteiger partial charge in [0.15, 0.2) is 5.82 Å². The van der Waals surface area contributed by atoms with Gasteiger partial charge in [0.2, 0.25) is 5.78 Å². The van der Waals surface area contributed by atoms with E-state index >= 15 is 4.39 Å². The van der Waals surface area contributed by atoms with E-state index in [4.69, 9.17) is 0 Å². The molecule has 2 aromatic heterocycles. The van der Waals surface area contributed by atoms with Gasteiger partial charge in [-0.3, -0.25) is 4.79 Å². The number of rotatable bonds is 7. The molecule has 6 nitrogen and oxygen atoms in total. The van der Waals surface area contributed by atoms with E-state index in [1.54, 1.807) is 0 Å². The van der Waals surface area contributed by atoms with Crippen molar-refractivity contribution >= 4 is 40.3 Å². The quantitative estimate of drug-likeness (QED) is 0.226. The van der Waals surface area contributed by atoms with Gasteiger partial charge in [-0.2, -0.15) is 0 Å². The van der Waals surface area contributed by atoms with Gasteiger partial charge in [0, 0.05) is 18.3 Å². The molecule has 11 heteroatoms. The van der Waals surface area contributed by atoms with Crippen molar-refractivity contribution in [2.75, 3.05) is 10.0 Å². The fraction of sp³-hybridized carbons (Fsp3) is 0.227. The molecular weight excluding hydrogens is 458 g/mol. The number of allylic oxidation sites excluding steroid dienone is 3. The first-order valence-electron chi connectivity index (χ1n) is 10.0. The number of hydrogen-bond acceptors (Lipinski definition) is 6. The molecule has 4 rings (SSSR count). The number of nitrogens with one attached hydrogen (secondary N) is 3. The topological polar surface area (TPSA) is 82.7 Å². The molecule has 1 aliphatic rings. The molecule has 172 valence electrons. The molecule has 0 spiro atoms. The Bertz CT molecular complexity index is 1290. The second kappa shape index (κ2) is 9.26. The van der Waals surface area contributed by atoms with E-state index in [1.807, 2.05) is 13.8 Å². The Labute approximate surface area is 190 Å². The molecule has 0 saturated carbocycles. The molecule has 0 saturated heterocycles. The van der Waals surface area contributed by atoms with Crippen molar-refractivity contribution in [2.24, 2.45) is 0 Å². The van der Waals surface area contributed by atoms with Crippen molar-refractivity contribution in [1.29, 1.82) is 0 Å². The second-order valence-corrected chi connectivity index (χ2v) is 8.63. The molecule has 0 amide bonds. The van der Waals surface area contributed by atoms with E-state index < -0.39 is 39.9 Å². The Morgan fingerprint density at radius 2 is 2.00 bits per heavy atom. The van der Waals surface area contributed by atoms with E-state index in [1.165, 1.54) is 18.6 Å². The highest BCUT2D eigenvalue weighted by Gasteiger charge is 2.27. The summed E-state index contributed by atoms with van der Waals surface area (Å²) in [6, 6.07) is 2.04. The maximum atomic E-state index is 15.2. The smallest absolute Gasteiger partial charge is 0.201 e. The lowest BCUT2D eigenvalue weighted by atomic mass is 10.0. The van der Waals surface area contributed by atoms with Crippen LogP contribution in [0.25, 0.3) is 11.0 Å². The Hall–Kier alpha value is -3.34. The lowest BCUT2D eigenvalue weighted by Crippen LogP contribution is -2.14. The summed E-state index contributed by atoms with van der Waals surface area (Å²) in [4.78, 5) is 24.2. The van der Waals surface area contributed by atoms with Crippen LogP contribution in [0.5, 0.6) is 0 Å². The van der Waals surface area contributed by atoms with Gasteiger partial charge >= 0.3 is 0 Å². The first-order chi connectivity index (χ1) is 15.8. The summed E-state index contributed by atoms with van der Waals surface area (Å²) in [5.41, 5.74) is -0.643. The molecule has 3 aromatic rings. The van der Waals surface area contributed by atoms with E-state index in [2.05, 4.69) is 25.0 Å². The predicted octanol–water partition coefficient (Wildman–Crippen LogP) is 5.83. The van der Waals surface area contributed by atoms with Crippen molar-refractivity contribution in [3.63, 3.8) is 0 Å². The average molecular weight is 477 g/mol. The van der Waals surface area contributed by atoms with E-state index in [0.717, 1.165) is 30.2 Å². The molecule has 3 N–H and O–H groups in total. The number of carbonyl (C=O) groups is 1. The zero-order valence-electron chi connectivity index (χ0n) is 17.5. The van der Waals surface area contributed by atoms with Crippen LogP contribution in [0, 0.1) is 11.6 Å². The molecular formula is C22H19F4N5OS. The van der Waals surface area contributed by atoms with Crippen LogP contribution >= 0.6 is 11.9 Å². The summed E-state index contributed by atoms with van der Waals surface area (Å²) in [6.45, 7) is 3.76. The summed E-state index contributed by atoms with van der Waals surface area (Å²) < 4.78 is 59.5. The normalized spacial score (nSPS) is 16.0. The number of anilines is 2. The lowest BCUT2D eigenvalue weighted by Gasteiger charge is -2.17. The molecule has 1 aromatic carbocycles. The highest BCUT2D eigenvalue weighted by Crippen LogP contribution is 2.34. The van der Waals surface area contributed by atoms with Crippen molar-refractivity contribution in [3.05, 3.63) is 71.2 Å². The number of H-pyrrole nitrogens is 1. The van der Waals surface area contributed by atoms with Crippen molar-refractivity contribution in [2.45, 2.75) is 31.6 Å². The summed E-state index contributed by atoms with van der Waals surface area (Å²) in [5.74, 6) is -4.12. The number of halogens is 4. The molecule has 0 bridgehead atoms. The van der Waals surface area contributed by atoms with Gasteiger partial charge in [0.25, 0.3) is 0 Å². The molecule has 33 heavy (non-hydrogen) atoms. The highest BCUT2D eigenvalue weighted by molar-refractivity contribution is 8.01. The van der Waals surface area contributed by atoms with E-state index in [-0.39, 0.29) is 23.7 Å². The van der Waals surface area contributed by atoms with Crippen LogP contribution in [-0.4, -0.2) is 32.0 Å². The van der Waals surface area contributed by atoms with Crippen LogP contribution in [0.2, 0.25) is 0 Å². The maximum absolute atomic E-state index is 15.2.